The first-order valence-electron chi connectivity index (χ1n) is 26.2. The number of fused-ring (bicyclic) bond motifs is 7. The molecule has 0 aromatic heterocycles. The van der Waals surface area contributed by atoms with Crippen molar-refractivity contribution in [2.24, 2.45) is 0 Å². The Morgan fingerprint density at radius 1 is 0.365 bits per heavy atom. The molecule has 11 aromatic rings. The first-order valence-corrected chi connectivity index (χ1v) is 26.2. The van der Waals surface area contributed by atoms with Crippen LogP contribution in [-0.2, 0) is 10.8 Å². The van der Waals surface area contributed by atoms with Crippen LogP contribution in [0.15, 0.2) is 285 Å². The van der Waals surface area contributed by atoms with Crippen LogP contribution in [0.2, 0.25) is 0 Å². The van der Waals surface area contributed by atoms with E-state index in [0.717, 1.165) is 29.9 Å². The predicted octanol–water partition coefficient (Wildman–Crippen LogP) is 19.2. The fraction of sp³-hybridized carbons (Fsp3) is 0.0685. The Bertz CT molecular complexity index is 4010. The van der Waals surface area contributed by atoms with Crippen molar-refractivity contribution in [2.45, 2.75) is 30.6 Å². The molecule has 0 spiro atoms. The second kappa shape index (κ2) is 17.6. The van der Waals surface area contributed by atoms with Gasteiger partial charge in [0.05, 0.1) is 11.1 Å². The lowest BCUT2D eigenvalue weighted by molar-refractivity contribution is 0.714. The summed E-state index contributed by atoms with van der Waals surface area (Å²) in [6.07, 6.45) is 9.32. The standard InChI is InChI=1S/C73H53N/c1-72(53-27-8-3-9-28-53)65-39-17-15-35-64(65)71-59(37-22-41-67(71)72)51-43-45-56(46-44-51)74(69-42-19-16-34-62(69)63-38-21-26-52-25-20-36-58(70(52)63)50-23-6-2-7-24-50)57-47-48-61-60-33-14-18-40-66(60)73(68(61)49-57,54-29-10-4-11-30-54)55-31-12-5-13-32-55/h2-4,6-12,14-49H,5,13H2,1H3. The lowest BCUT2D eigenvalue weighted by Crippen LogP contribution is -2.29. The van der Waals surface area contributed by atoms with Crippen molar-refractivity contribution in [1.29, 1.82) is 0 Å². The van der Waals surface area contributed by atoms with Crippen molar-refractivity contribution in [3.8, 4) is 55.6 Å². The summed E-state index contributed by atoms with van der Waals surface area (Å²) in [5.74, 6) is 0. The van der Waals surface area contributed by atoms with Crippen molar-refractivity contribution in [3.63, 3.8) is 0 Å². The van der Waals surface area contributed by atoms with Crippen LogP contribution in [0.4, 0.5) is 17.1 Å². The molecule has 2 unspecified atom stereocenters. The molecule has 0 saturated heterocycles. The molecule has 0 heterocycles. The van der Waals surface area contributed by atoms with Crippen molar-refractivity contribution in [2.75, 3.05) is 4.90 Å². The van der Waals surface area contributed by atoms with Gasteiger partial charge in [-0.3, -0.25) is 0 Å². The van der Waals surface area contributed by atoms with E-state index in [1.54, 1.807) is 0 Å². The summed E-state index contributed by atoms with van der Waals surface area (Å²) in [5, 5.41) is 2.46. The lowest BCUT2D eigenvalue weighted by atomic mass is 9.66. The highest BCUT2D eigenvalue weighted by molar-refractivity contribution is 6.09. The number of hydrogen-bond acceptors (Lipinski definition) is 1. The zero-order chi connectivity index (χ0) is 49.2. The number of para-hydroxylation sites is 1. The average molecular weight is 944 g/mol. The molecule has 0 amide bonds. The van der Waals surface area contributed by atoms with Gasteiger partial charge < -0.3 is 4.90 Å². The molecule has 2 atom stereocenters. The Morgan fingerprint density at radius 3 is 1.66 bits per heavy atom. The molecule has 0 N–H and O–H groups in total. The van der Waals surface area contributed by atoms with E-state index >= 15 is 0 Å². The minimum Gasteiger partial charge on any atom is -0.310 e. The molecule has 3 aliphatic carbocycles. The molecule has 0 radical (unpaired) electrons. The second-order valence-electron chi connectivity index (χ2n) is 20.3. The maximum atomic E-state index is 2.52. The first-order chi connectivity index (χ1) is 36.6. The Balaban J connectivity index is 0.997. The van der Waals surface area contributed by atoms with E-state index < -0.39 is 5.41 Å². The van der Waals surface area contributed by atoms with E-state index in [1.807, 2.05) is 0 Å². The summed E-state index contributed by atoms with van der Waals surface area (Å²) in [4.78, 5) is 2.52. The smallest absolute Gasteiger partial charge is 0.0711 e. The predicted molar refractivity (Wildman–Crippen MR) is 311 cm³/mol. The van der Waals surface area contributed by atoms with Gasteiger partial charge in [0.2, 0.25) is 0 Å². The van der Waals surface area contributed by atoms with Crippen LogP contribution in [0.25, 0.3) is 66.4 Å². The van der Waals surface area contributed by atoms with Crippen LogP contribution >= 0.6 is 0 Å². The molecule has 1 heteroatoms. The van der Waals surface area contributed by atoms with Gasteiger partial charge in [-0.05, 0) is 150 Å². The molecule has 0 fully saturated rings. The van der Waals surface area contributed by atoms with Gasteiger partial charge in [-0.25, -0.2) is 0 Å². The Labute approximate surface area is 434 Å². The van der Waals surface area contributed by atoms with Crippen molar-refractivity contribution < 1.29 is 0 Å². The van der Waals surface area contributed by atoms with Crippen molar-refractivity contribution >= 4 is 27.8 Å². The van der Waals surface area contributed by atoms with Gasteiger partial charge in [0, 0.05) is 22.4 Å². The van der Waals surface area contributed by atoms with Crippen LogP contribution in [-0.4, -0.2) is 0 Å². The van der Waals surface area contributed by atoms with Crippen LogP contribution in [0.1, 0.15) is 53.1 Å². The number of allylic oxidation sites excluding steroid dienone is 4. The second-order valence-corrected chi connectivity index (χ2v) is 20.3. The molecule has 350 valence electrons. The van der Waals surface area contributed by atoms with E-state index in [9.17, 15) is 0 Å². The molecule has 11 aromatic carbocycles. The first kappa shape index (κ1) is 43.7. The zero-order valence-corrected chi connectivity index (χ0v) is 41.4. The third-order valence-corrected chi connectivity index (χ3v) is 16.5. The molecule has 14 rings (SSSR count). The van der Waals surface area contributed by atoms with Crippen LogP contribution in [0, 0.1) is 0 Å². The number of rotatable bonds is 9. The van der Waals surface area contributed by atoms with Crippen molar-refractivity contribution in [3.05, 3.63) is 318 Å². The highest BCUT2D eigenvalue weighted by atomic mass is 15.1. The van der Waals surface area contributed by atoms with E-state index in [-0.39, 0.29) is 5.41 Å². The van der Waals surface area contributed by atoms with Gasteiger partial charge in [-0.1, -0.05) is 249 Å². The minimum absolute atomic E-state index is 0.280. The van der Waals surface area contributed by atoms with Gasteiger partial charge in [0.1, 0.15) is 0 Å². The normalized spacial score (nSPS) is 17.0. The molecule has 0 saturated carbocycles. The Kier molecular flexibility index (Phi) is 10.4. The number of hydrogen-bond donors (Lipinski definition) is 0. The molecule has 0 bridgehead atoms. The molecule has 0 aliphatic heterocycles. The zero-order valence-electron chi connectivity index (χ0n) is 41.4. The van der Waals surface area contributed by atoms with Crippen LogP contribution in [0.3, 0.4) is 0 Å². The third kappa shape index (κ3) is 6.63. The number of nitrogens with zero attached hydrogens (tertiary/aromatic N) is 1. The van der Waals surface area contributed by atoms with Gasteiger partial charge in [-0.15, -0.1) is 0 Å². The summed E-state index contributed by atoms with van der Waals surface area (Å²) < 4.78 is 0. The summed E-state index contributed by atoms with van der Waals surface area (Å²) in [6, 6.07) is 97.3. The SMILES string of the molecule is CC1(c2ccccc2)c2ccccc2-c2c(-c3ccc(N(c4ccc5c(c4)C(C4=CCCC=C4)(c4ccccc4)c4ccccc4-5)c4ccccc4-c4cccc5cccc(-c6ccccc6)c45)cc3)cccc21. The Hall–Kier alpha value is -9.04. The highest BCUT2D eigenvalue weighted by Crippen LogP contribution is 2.59. The van der Waals surface area contributed by atoms with E-state index in [1.165, 1.54) is 105 Å². The molecule has 74 heavy (non-hydrogen) atoms. The van der Waals surface area contributed by atoms with Gasteiger partial charge in [0.15, 0.2) is 0 Å². The molecular formula is C73H53N. The van der Waals surface area contributed by atoms with Crippen LogP contribution < -0.4 is 4.90 Å². The summed E-state index contributed by atoms with van der Waals surface area (Å²) in [5.41, 5.74) is 24.2. The largest absolute Gasteiger partial charge is 0.310 e. The monoisotopic (exact) mass is 943 g/mol. The molecule has 1 nitrogen and oxygen atoms in total. The maximum Gasteiger partial charge on any atom is 0.0711 e. The Morgan fingerprint density at radius 2 is 0.919 bits per heavy atom. The molecule has 3 aliphatic rings. The van der Waals surface area contributed by atoms with E-state index in [0.29, 0.717) is 0 Å². The number of benzene rings is 11. The minimum atomic E-state index is -0.506. The quantitative estimate of drug-likeness (QED) is 0.139. The summed E-state index contributed by atoms with van der Waals surface area (Å²) in [7, 11) is 0. The third-order valence-electron chi connectivity index (χ3n) is 16.5. The topological polar surface area (TPSA) is 3.24 Å². The molecular weight excluding hydrogens is 891 g/mol. The summed E-state index contributed by atoms with van der Waals surface area (Å²) >= 11 is 0. The van der Waals surface area contributed by atoms with Crippen LogP contribution in [0.5, 0.6) is 0 Å². The number of anilines is 3. The fourth-order valence-corrected chi connectivity index (χ4v) is 13.2. The van der Waals surface area contributed by atoms with Gasteiger partial charge >= 0.3 is 0 Å². The van der Waals surface area contributed by atoms with Crippen molar-refractivity contribution in [1.82, 2.24) is 0 Å². The lowest BCUT2D eigenvalue weighted by Gasteiger charge is -2.36. The maximum absolute atomic E-state index is 2.52. The van der Waals surface area contributed by atoms with Gasteiger partial charge in [-0.2, -0.15) is 0 Å². The van der Waals surface area contributed by atoms with E-state index in [4.69, 9.17) is 0 Å². The van der Waals surface area contributed by atoms with Gasteiger partial charge in [0.25, 0.3) is 0 Å². The highest BCUT2D eigenvalue weighted by Gasteiger charge is 2.47. The average Bonchev–Trinajstić information content (AvgIpc) is 4.00. The van der Waals surface area contributed by atoms with E-state index in [2.05, 4.69) is 291 Å². The fourth-order valence-electron chi connectivity index (χ4n) is 13.2. The summed E-state index contributed by atoms with van der Waals surface area (Å²) in [6.45, 7) is 2.40.